The van der Waals surface area contributed by atoms with Crippen LogP contribution >= 0.6 is 0 Å². The Morgan fingerprint density at radius 3 is 2.67 bits per heavy atom. The van der Waals surface area contributed by atoms with Gasteiger partial charge in [-0.15, -0.1) is 0 Å². The molecule has 2 saturated heterocycles. The zero-order valence-corrected chi connectivity index (χ0v) is 9.46. The second-order valence-electron chi connectivity index (χ2n) is 5.36. The molecule has 2 fully saturated rings. The van der Waals surface area contributed by atoms with Gasteiger partial charge in [0.1, 0.15) is 0 Å². The van der Waals surface area contributed by atoms with Crippen LogP contribution in [-0.4, -0.2) is 39.9 Å². The van der Waals surface area contributed by atoms with E-state index < -0.39 is 18.8 Å². The molecule has 3 nitrogen and oxygen atoms in total. The van der Waals surface area contributed by atoms with Gasteiger partial charge < -0.3 is 9.83 Å². The van der Waals surface area contributed by atoms with Crippen molar-refractivity contribution in [2.45, 2.75) is 57.2 Å². The van der Waals surface area contributed by atoms with Crippen molar-refractivity contribution in [3.05, 3.63) is 0 Å². The zero-order chi connectivity index (χ0) is 11.4. The predicted molar refractivity (Wildman–Crippen MR) is 56.2 cm³/mol. The van der Waals surface area contributed by atoms with Gasteiger partial charge in [0.05, 0.1) is 0 Å². The normalized spacial score (nSPS) is 45.9. The lowest BCUT2D eigenvalue weighted by Crippen LogP contribution is -2.67. The Balaban J connectivity index is 2.44. The van der Waals surface area contributed by atoms with E-state index in [1.54, 1.807) is 18.6 Å². The second kappa shape index (κ2) is 3.04. The third kappa shape index (κ3) is 1.29. The van der Waals surface area contributed by atoms with Gasteiger partial charge in [0, 0.05) is 17.5 Å². The molecular weight excluding hydrogens is 196 g/mol. The molecule has 2 heterocycles. The number of piperidine rings is 1. The summed E-state index contributed by atoms with van der Waals surface area (Å²) in [5.74, 6) is -0.311. The molecule has 0 unspecified atom stereocenters. The van der Waals surface area contributed by atoms with E-state index in [0.29, 0.717) is 6.42 Å². The Bertz CT molecular complexity index is 312. The minimum absolute atomic E-state index is 0.217. The highest BCUT2D eigenvalue weighted by Crippen LogP contribution is 2.50. The number of hydrogen-bond acceptors (Lipinski definition) is 3. The van der Waals surface area contributed by atoms with Crippen LogP contribution in [0, 0.1) is 0 Å². The Kier molecular flexibility index (Phi) is 2.25. The van der Waals surface area contributed by atoms with Gasteiger partial charge in [0.25, 0.3) is 0 Å². The average Bonchev–Trinajstić information content (AvgIpc) is 2.33. The summed E-state index contributed by atoms with van der Waals surface area (Å²) in [6.45, 7) is 5.33. The summed E-state index contributed by atoms with van der Waals surface area (Å²) in [6.07, 6.45) is 0.180. The van der Waals surface area contributed by atoms with Gasteiger partial charge in [-0.3, -0.25) is 4.79 Å². The third-order valence-corrected chi connectivity index (χ3v) is 4.06. The maximum absolute atomic E-state index is 13.9. The fraction of sp³-hybridized carbons (Fsp3) is 0.900. The molecule has 0 radical (unpaired) electrons. The summed E-state index contributed by atoms with van der Waals surface area (Å²) in [5, 5.41) is 9.74. The maximum Gasteiger partial charge on any atom is 0.377 e. The molecule has 0 saturated carbocycles. The molecule has 0 aliphatic carbocycles. The van der Waals surface area contributed by atoms with E-state index in [2.05, 4.69) is 0 Å². The molecule has 2 bridgehead atoms. The highest BCUT2D eigenvalue weighted by molar-refractivity contribution is 6.46. The van der Waals surface area contributed by atoms with Gasteiger partial charge in [0.2, 0.25) is 0 Å². The number of alkyl halides is 1. The molecule has 0 aromatic heterocycles. The van der Waals surface area contributed by atoms with Crippen LogP contribution in [-0.2, 0) is 4.79 Å². The van der Waals surface area contributed by atoms with Crippen molar-refractivity contribution in [3.8, 4) is 0 Å². The van der Waals surface area contributed by atoms with Crippen LogP contribution < -0.4 is 0 Å². The van der Waals surface area contributed by atoms with Gasteiger partial charge in [-0.2, -0.15) is 0 Å². The van der Waals surface area contributed by atoms with Crippen molar-refractivity contribution in [1.82, 2.24) is 4.81 Å². The third-order valence-electron chi connectivity index (χ3n) is 4.06. The van der Waals surface area contributed by atoms with Crippen LogP contribution in [0.1, 0.15) is 33.1 Å². The smallest absolute Gasteiger partial charge is 0.377 e. The first-order valence-electron chi connectivity index (χ1n) is 5.45. The van der Waals surface area contributed by atoms with E-state index in [0.717, 1.165) is 6.42 Å². The average molecular weight is 213 g/mol. The van der Waals surface area contributed by atoms with Gasteiger partial charge >= 0.3 is 7.05 Å². The summed E-state index contributed by atoms with van der Waals surface area (Å²) in [5.41, 5.74) is -1.17. The Hall–Kier alpha value is -0.415. The Morgan fingerprint density at radius 1 is 1.53 bits per heavy atom. The first kappa shape index (κ1) is 11.1. The summed E-state index contributed by atoms with van der Waals surface area (Å²) in [4.78, 5) is 13.3. The van der Waals surface area contributed by atoms with Crippen LogP contribution in [0.15, 0.2) is 0 Å². The number of Topliss-reactive ketones (excluding diaryl/α,β-unsaturated/α-hetero) is 1. The van der Waals surface area contributed by atoms with Crippen LogP contribution in [0.5, 0.6) is 0 Å². The van der Waals surface area contributed by atoms with Crippen molar-refractivity contribution in [2.24, 2.45) is 0 Å². The number of nitrogens with zero attached hydrogens (tertiary/aromatic N) is 1. The maximum atomic E-state index is 13.9. The van der Waals surface area contributed by atoms with E-state index >= 15 is 0 Å². The highest BCUT2D eigenvalue weighted by Gasteiger charge is 2.62. The molecule has 2 aliphatic rings. The van der Waals surface area contributed by atoms with Crippen LogP contribution in [0.2, 0.25) is 6.82 Å². The topological polar surface area (TPSA) is 40.5 Å². The molecule has 5 heteroatoms. The van der Waals surface area contributed by atoms with Crippen molar-refractivity contribution < 1.29 is 14.2 Å². The lowest BCUT2D eigenvalue weighted by molar-refractivity contribution is -0.135. The van der Waals surface area contributed by atoms with Gasteiger partial charge in [0.15, 0.2) is 12.0 Å². The van der Waals surface area contributed by atoms with Gasteiger partial charge in [-0.1, -0.05) is 0 Å². The first-order valence-corrected chi connectivity index (χ1v) is 5.45. The van der Waals surface area contributed by atoms with E-state index in [9.17, 15) is 14.2 Å². The highest BCUT2D eigenvalue weighted by atomic mass is 19.1. The fourth-order valence-electron chi connectivity index (χ4n) is 3.49. The number of rotatable bonds is 1. The minimum atomic E-state index is -1.46. The van der Waals surface area contributed by atoms with Crippen LogP contribution in [0.3, 0.4) is 0 Å². The summed E-state index contributed by atoms with van der Waals surface area (Å²) < 4.78 is 13.9. The lowest BCUT2D eigenvalue weighted by atomic mass is 9.70. The first-order chi connectivity index (χ1) is 6.81. The van der Waals surface area contributed by atoms with E-state index in [-0.39, 0.29) is 17.7 Å². The number of carbonyl (C=O) groups is 1. The van der Waals surface area contributed by atoms with Crippen LogP contribution in [0.25, 0.3) is 0 Å². The number of halogens is 1. The molecule has 84 valence electrons. The fourth-order valence-corrected chi connectivity index (χ4v) is 3.49. The molecule has 15 heavy (non-hydrogen) atoms. The molecule has 1 N–H and O–H groups in total. The molecular formula is C10H17BFNO2. The molecule has 0 spiro atoms. The monoisotopic (exact) mass is 213 g/mol. The SMILES string of the molecule is CB(O)N1[C@]2(C)CC[C@@]1(C)[C@H](F)C(=O)C2. The molecule has 2 aliphatic heterocycles. The lowest BCUT2D eigenvalue weighted by Gasteiger charge is -2.49. The van der Waals surface area contributed by atoms with Crippen molar-refractivity contribution in [1.29, 1.82) is 0 Å². The van der Waals surface area contributed by atoms with Crippen molar-refractivity contribution in [3.63, 3.8) is 0 Å². The van der Waals surface area contributed by atoms with Gasteiger partial charge in [-0.25, -0.2) is 4.39 Å². The summed E-state index contributed by atoms with van der Waals surface area (Å²) >= 11 is 0. The molecule has 3 atom stereocenters. The quantitative estimate of drug-likeness (QED) is 0.661. The molecule has 0 aromatic carbocycles. The van der Waals surface area contributed by atoms with Crippen LogP contribution in [0.4, 0.5) is 4.39 Å². The molecule has 0 aromatic rings. The summed E-state index contributed by atoms with van der Waals surface area (Å²) in [6, 6.07) is 0. The molecule has 0 amide bonds. The Labute approximate surface area is 89.8 Å². The summed E-state index contributed by atoms with van der Waals surface area (Å²) in [7, 11) is -0.700. The Morgan fingerprint density at radius 2 is 2.13 bits per heavy atom. The second-order valence-corrected chi connectivity index (χ2v) is 5.36. The predicted octanol–water partition coefficient (Wildman–Crippen LogP) is 1.02. The standard InChI is InChI=1S/C10H17BFNO2/c1-9-4-5-10(2,13(9)11(3)15)8(12)7(14)6-9/h8,15H,4-6H2,1-3H3/t8-,9-,10+/m1/s1. The van der Waals surface area contributed by atoms with E-state index in [4.69, 9.17) is 0 Å². The zero-order valence-electron chi connectivity index (χ0n) is 9.46. The molecule has 2 rings (SSSR count). The minimum Gasteiger partial charge on any atom is -0.437 e. The van der Waals surface area contributed by atoms with Crippen molar-refractivity contribution >= 4 is 12.8 Å². The number of ketones is 1. The number of hydrogen-bond donors (Lipinski definition) is 1. The number of fused-ring (bicyclic) bond motifs is 2. The number of carbonyl (C=O) groups excluding carboxylic acids is 1. The van der Waals surface area contributed by atoms with Crippen molar-refractivity contribution in [2.75, 3.05) is 0 Å². The van der Waals surface area contributed by atoms with E-state index in [1.165, 1.54) is 0 Å². The van der Waals surface area contributed by atoms with Gasteiger partial charge in [-0.05, 0) is 33.5 Å². The van der Waals surface area contributed by atoms with E-state index in [1.807, 2.05) is 6.92 Å². The largest absolute Gasteiger partial charge is 0.437 e.